The van der Waals surface area contributed by atoms with E-state index in [0.29, 0.717) is 5.37 Å². The minimum atomic E-state index is 0.421. The van der Waals surface area contributed by atoms with E-state index in [-0.39, 0.29) is 0 Å². The lowest BCUT2D eigenvalue weighted by Crippen LogP contribution is -2.49. The van der Waals surface area contributed by atoms with E-state index in [4.69, 9.17) is 0 Å². The molecule has 1 fully saturated rings. The van der Waals surface area contributed by atoms with Gasteiger partial charge >= 0.3 is 0 Å². The first-order chi connectivity index (χ1) is 12.9. The maximum atomic E-state index is 4.61. The largest absolute Gasteiger partial charge is 0.369 e. The minimum Gasteiger partial charge on any atom is -0.369 e. The average Bonchev–Trinajstić information content (AvgIpc) is 2.72. The highest BCUT2D eigenvalue weighted by atomic mass is 32.2. The Labute approximate surface area is 161 Å². The van der Waals surface area contributed by atoms with Gasteiger partial charge in [-0.2, -0.15) is 0 Å². The molecule has 1 aliphatic heterocycles. The molecule has 2 aromatic carbocycles. The van der Waals surface area contributed by atoms with Crippen LogP contribution in [0, 0.1) is 0 Å². The molecule has 0 aromatic heterocycles. The lowest BCUT2D eigenvalue weighted by atomic mass is 10.2. The fourth-order valence-corrected chi connectivity index (χ4v) is 4.03. The summed E-state index contributed by atoms with van der Waals surface area (Å²) in [6.07, 6.45) is 3.03. The molecule has 0 bridgehead atoms. The van der Waals surface area contributed by atoms with Crippen LogP contribution in [0.5, 0.6) is 0 Å². The Morgan fingerprint density at radius 1 is 0.962 bits per heavy atom. The molecule has 1 saturated heterocycles. The number of aliphatic imine (C=N–C) groups is 1. The van der Waals surface area contributed by atoms with Gasteiger partial charge in [-0.1, -0.05) is 55.1 Å². The number of rotatable bonds is 8. The molecule has 0 N–H and O–H groups in total. The molecule has 0 radical (unpaired) electrons. The third kappa shape index (κ3) is 5.48. The molecule has 3 nitrogen and oxygen atoms in total. The summed E-state index contributed by atoms with van der Waals surface area (Å²) in [5, 5.41) is 2.38. The van der Waals surface area contributed by atoms with Gasteiger partial charge in [-0.3, -0.25) is 9.89 Å². The Morgan fingerprint density at radius 3 is 2.27 bits per heavy atom. The maximum absolute atomic E-state index is 4.61. The normalized spacial score (nSPS) is 16.7. The van der Waals surface area contributed by atoms with Crippen molar-refractivity contribution >= 4 is 23.7 Å². The van der Waals surface area contributed by atoms with E-state index in [9.17, 15) is 0 Å². The monoisotopic (exact) mass is 365 g/mol. The van der Waals surface area contributed by atoms with Crippen molar-refractivity contribution in [3.63, 3.8) is 0 Å². The summed E-state index contributed by atoms with van der Waals surface area (Å²) in [4.78, 5) is 9.64. The van der Waals surface area contributed by atoms with Crippen molar-refractivity contribution < 1.29 is 0 Å². The van der Waals surface area contributed by atoms with E-state index in [0.717, 1.165) is 39.1 Å². The summed E-state index contributed by atoms with van der Waals surface area (Å²) >= 11 is 1.81. The molecule has 1 aliphatic rings. The van der Waals surface area contributed by atoms with Gasteiger partial charge in [-0.25, -0.2) is 0 Å². The van der Waals surface area contributed by atoms with Crippen LogP contribution in [0.4, 0.5) is 5.69 Å². The SMILES string of the molecule is C=CSC(C/C=N\Cc1ccccc1)N1CCN(c2ccccc2)CC1. The smallest absolute Gasteiger partial charge is 0.0649 e. The van der Waals surface area contributed by atoms with Crippen LogP contribution in [0.3, 0.4) is 0 Å². The fourth-order valence-electron chi connectivity index (χ4n) is 3.23. The molecule has 0 spiro atoms. The number of nitrogens with zero attached hydrogens (tertiary/aromatic N) is 3. The van der Waals surface area contributed by atoms with Crippen molar-refractivity contribution in [3.8, 4) is 0 Å². The van der Waals surface area contributed by atoms with Crippen molar-refractivity contribution in [1.29, 1.82) is 0 Å². The molecule has 1 heterocycles. The summed E-state index contributed by atoms with van der Waals surface area (Å²) in [5.74, 6) is 0. The van der Waals surface area contributed by atoms with Crippen LogP contribution in [0.15, 0.2) is 77.6 Å². The summed E-state index contributed by atoms with van der Waals surface area (Å²) < 4.78 is 0. The lowest BCUT2D eigenvalue weighted by Gasteiger charge is -2.39. The second-order valence-corrected chi connectivity index (χ2v) is 7.51. The molecule has 2 aromatic rings. The van der Waals surface area contributed by atoms with Gasteiger partial charge in [0, 0.05) is 44.5 Å². The van der Waals surface area contributed by atoms with Gasteiger partial charge in [0.25, 0.3) is 0 Å². The standard InChI is InChI=1S/C22H27N3S/c1-2-26-22(13-14-23-19-20-9-5-3-6-10-20)25-17-15-24(16-18-25)21-11-7-4-8-12-21/h2-12,14,22H,1,13,15-19H2/b23-14-. The second-order valence-electron chi connectivity index (χ2n) is 6.36. The Kier molecular flexibility index (Phi) is 7.35. The van der Waals surface area contributed by atoms with Crippen LogP contribution >= 0.6 is 11.8 Å². The third-order valence-electron chi connectivity index (χ3n) is 4.65. The third-order valence-corrected chi connectivity index (χ3v) is 5.65. The van der Waals surface area contributed by atoms with E-state index >= 15 is 0 Å². The van der Waals surface area contributed by atoms with Crippen molar-refractivity contribution in [3.05, 3.63) is 78.2 Å². The topological polar surface area (TPSA) is 18.8 Å². The summed E-state index contributed by atoms with van der Waals surface area (Å²) in [6, 6.07) is 21.1. The highest BCUT2D eigenvalue weighted by Crippen LogP contribution is 2.23. The summed E-state index contributed by atoms with van der Waals surface area (Å²) in [5.41, 5.74) is 2.58. The van der Waals surface area contributed by atoms with E-state index < -0.39 is 0 Å². The molecule has 26 heavy (non-hydrogen) atoms. The number of benzene rings is 2. The van der Waals surface area contributed by atoms with Gasteiger partial charge in [0.05, 0.1) is 11.9 Å². The average molecular weight is 366 g/mol. The molecule has 3 rings (SSSR count). The van der Waals surface area contributed by atoms with Gasteiger partial charge in [0.2, 0.25) is 0 Å². The molecular weight excluding hydrogens is 338 g/mol. The first kappa shape index (κ1) is 18.7. The molecule has 136 valence electrons. The first-order valence-electron chi connectivity index (χ1n) is 9.19. The van der Waals surface area contributed by atoms with E-state index in [1.165, 1.54) is 11.3 Å². The number of hydrogen-bond donors (Lipinski definition) is 0. The predicted octanol–water partition coefficient (Wildman–Crippen LogP) is 4.67. The first-order valence-corrected chi connectivity index (χ1v) is 10.1. The van der Waals surface area contributed by atoms with Gasteiger partial charge in [-0.15, -0.1) is 11.8 Å². The number of para-hydroxylation sites is 1. The quantitative estimate of drug-likeness (QED) is 0.633. The van der Waals surface area contributed by atoms with Crippen molar-refractivity contribution in [2.75, 3.05) is 31.1 Å². The second kappa shape index (κ2) is 10.2. The van der Waals surface area contributed by atoms with E-state index in [1.807, 2.05) is 11.5 Å². The zero-order chi connectivity index (χ0) is 18.0. The molecule has 0 amide bonds. The van der Waals surface area contributed by atoms with Crippen LogP contribution in [0.25, 0.3) is 0 Å². The number of hydrogen-bond acceptors (Lipinski definition) is 4. The zero-order valence-corrected chi connectivity index (χ0v) is 16.0. The van der Waals surface area contributed by atoms with Gasteiger partial charge in [-0.05, 0) is 23.1 Å². The highest BCUT2D eigenvalue weighted by molar-refractivity contribution is 8.02. The lowest BCUT2D eigenvalue weighted by molar-refractivity contribution is 0.245. The Balaban J connectivity index is 1.49. The maximum Gasteiger partial charge on any atom is 0.0649 e. The van der Waals surface area contributed by atoms with Gasteiger partial charge < -0.3 is 4.90 Å². The molecule has 1 unspecified atom stereocenters. The molecule has 0 aliphatic carbocycles. The minimum absolute atomic E-state index is 0.421. The summed E-state index contributed by atoms with van der Waals surface area (Å²) in [7, 11) is 0. The summed E-state index contributed by atoms with van der Waals surface area (Å²) in [6.45, 7) is 8.96. The van der Waals surface area contributed by atoms with Crippen LogP contribution in [-0.2, 0) is 6.54 Å². The Morgan fingerprint density at radius 2 is 1.62 bits per heavy atom. The fraction of sp³-hybridized carbons (Fsp3) is 0.318. The van der Waals surface area contributed by atoms with E-state index in [1.54, 1.807) is 11.8 Å². The number of piperazine rings is 1. The molecule has 0 saturated carbocycles. The van der Waals surface area contributed by atoms with Crippen molar-refractivity contribution in [2.24, 2.45) is 4.99 Å². The zero-order valence-electron chi connectivity index (χ0n) is 15.2. The Bertz CT molecular complexity index is 679. The van der Waals surface area contributed by atoms with Crippen molar-refractivity contribution in [1.82, 2.24) is 4.90 Å². The van der Waals surface area contributed by atoms with Crippen LogP contribution in [0.1, 0.15) is 12.0 Å². The predicted molar refractivity (Wildman–Crippen MR) is 115 cm³/mol. The van der Waals surface area contributed by atoms with Crippen molar-refractivity contribution in [2.45, 2.75) is 18.3 Å². The van der Waals surface area contributed by atoms with Gasteiger partial charge in [0.1, 0.15) is 0 Å². The van der Waals surface area contributed by atoms with Crippen LogP contribution < -0.4 is 4.90 Å². The molecular formula is C22H27N3S. The highest BCUT2D eigenvalue weighted by Gasteiger charge is 2.23. The Hall–Kier alpha value is -2.04. The molecule has 1 atom stereocenters. The van der Waals surface area contributed by atoms with Gasteiger partial charge in [0.15, 0.2) is 0 Å². The van der Waals surface area contributed by atoms with Crippen LogP contribution in [-0.4, -0.2) is 42.7 Å². The van der Waals surface area contributed by atoms with E-state index in [2.05, 4.69) is 82.2 Å². The molecule has 4 heteroatoms. The van der Waals surface area contributed by atoms with Crippen LogP contribution in [0.2, 0.25) is 0 Å². The number of anilines is 1. The number of thioether (sulfide) groups is 1.